The van der Waals surface area contributed by atoms with Crippen molar-refractivity contribution < 1.29 is 9.90 Å². The van der Waals surface area contributed by atoms with E-state index in [1.165, 1.54) is 12.3 Å². The van der Waals surface area contributed by atoms with E-state index in [9.17, 15) is 14.7 Å². The molecule has 2 aromatic rings. The molecule has 0 spiro atoms. The summed E-state index contributed by atoms with van der Waals surface area (Å²) in [6, 6.07) is 8.24. The first-order valence-corrected chi connectivity index (χ1v) is 6.27. The number of carbonyl (C=O) groups is 1. The number of nitrogens with two attached hydrogens (primary N) is 1. The van der Waals surface area contributed by atoms with Crippen LogP contribution in [0.5, 0.6) is 5.75 Å². The van der Waals surface area contributed by atoms with Crippen molar-refractivity contribution in [1.29, 1.82) is 0 Å². The Morgan fingerprint density at radius 2 is 2.00 bits per heavy atom. The minimum absolute atomic E-state index is 0.0502. The molecule has 0 fully saturated rings. The summed E-state index contributed by atoms with van der Waals surface area (Å²) in [5.74, 6) is -0.738. The van der Waals surface area contributed by atoms with Crippen molar-refractivity contribution in [3.8, 4) is 5.75 Å². The van der Waals surface area contributed by atoms with Crippen molar-refractivity contribution in [1.82, 2.24) is 4.68 Å². The number of aromatic hydroxyl groups is 1. The van der Waals surface area contributed by atoms with Crippen LogP contribution in [0.4, 0.5) is 0 Å². The van der Waals surface area contributed by atoms with E-state index in [0.717, 1.165) is 4.68 Å². The number of pyridine rings is 1. The van der Waals surface area contributed by atoms with E-state index in [4.69, 9.17) is 5.73 Å². The molecular formula is C15H15N3O3. The number of para-hydroxylation sites is 1. The summed E-state index contributed by atoms with van der Waals surface area (Å²) in [7, 11) is 0. The molecule has 0 radical (unpaired) electrons. The van der Waals surface area contributed by atoms with Gasteiger partial charge in [-0.05, 0) is 37.6 Å². The highest BCUT2D eigenvalue weighted by molar-refractivity contribution is 5.94. The van der Waals surface area contributed by atoms with E-state index in [2.05, 4.69) is 5.10 Å². The number of carbonyl (C=O) groups excluding carboxylic acids is 1. The lowest BCUT2D eigenvalue weighted by molar-refractivity contribution is 0.0997. The Morgan fingerprint density at radius 1 is 1.33 bits per heavy atom. The van der Waals surface area contributed by atoms with Crippen molar-refractivity contribution in [3.63, 3.8) is 0 Å². The van der Waals surface area contributed by atoms with Crippen LogP contribution in [0, 0.1) is 13.8 Å². The minimum atomic E-state index is -0.788. The third-order valence-electron chi connectivity index (χ3n) is 3.06. The Kier molecular flexibility index (Phi) is 3.89. The Bertz CT molecular complexity index is 791. The fourth-order valence-corrected chi connectivity index (χ4v) is 2.04. The lowest BCUT2D eigenvalue weighted by Crippen LogP contribution is -2.30. The number of rotatable bonds is 3. The van der Waals surface area contributed by atoms with Gasteiger partial charge in [-0.2, -0.15) is 5.10 Å². The third-order valence-corrected chi connectivity index (χ3v) is 3.06. The average molecular weight is 285 g/mol. The largest absolute Gasteiger partial charge is 0.507 e. The van der Waals surface area contributed by atoms with Crippen molar-refractivity contribution in [2.75, 3.05) is 0 Å². The van der Waals surface area contributed by atoms with Crippen LogP contribution < -0.4 is 11.3 Å². The van der Waals surface area contributed by atoms with Crippen LogP contribution in [-0.2, 0) is 0 Å². The predicted octanol–water partition coefficient (Wildman–Crippen LogP) is 1.15. The van der Waals surface area contributed by atoms with Gasteiger partial charge in [-0.1, -0.05) is 12.1 Å². The Balaban J connectivity index is 2.56. The van der Waals surface area contributed by atoms with Gasteiger partial charge in [0.2, 0.25) is 0 Å². The van der Waals surface area contributed by atoms with E-state index in [1.807, 2.05) is 0 Å². The van der Waals surface area contributed by atoms with Gasteiger partial charge in [-0.3, -0.25) is 9.59 Å². The van der Waals surface area contributed by atoms with Crippen LogP contribution in [-0.4, -0.2) is 21.9 Å². The molecule has 6 nitrogen and oxygen atoms in total. The van der Waals surface area contributed by atoms with Crippen molar-refractivity contribution in [2.45, 2.75) is 13.8 Å². The maximum absolute atomic E-state index is 12.2. The fourth-order valence-electron chi connectivity index (χ4n) is 2.04. The molecule has 0 aliphatic heterocycles. The highest BCUT2D eigenvalue weighted by atomic mass is 16.3. The summed E-state index contributed by atoms with van der Waals surface area (Å²) in [5.41, 5.74) is 6.10. The van der Waals surface area contributed by atoms with Crippen LogP contribution in [0.3, 0.4) is 0 Å². The highest BCUT2D eigenvalue weighted by Crippen LogP contribution is 2.13. The van der Waals surface area contributed by atoms with Gasteiger partial charge in [0, 0.05) is 11.3 Å². The number of hydrogen-bond donors (Lipinski definition) is 2. The summed E-state index contributed by atoms with van der Waals surface area (Å²) < 4.78 is 1.08. The van der Waals surface area contributed by atoms with Gasteiger partial charge in [0.05, 0.1) is 6.21 Å². The maximum Gasteiger partial charge on any atom is 0.284 e. The second-order valence-electron chi connectivity index (χ2n) is 4.63. The predicted molar refractivity (Wildman–Crippen MR) is 79.8 cm³/mol. The molecule has 0 unspecified atom stereocenters. The second-order valence-corrected chi connectivity index (χ2v) is 4.63. The van der Waals surface area contributed by atoms with Crippen LogP contribution >= 0.6 is 0 Å². The van der Waals surface area contributed by atoms with Gasteiger partial charge in [0.15, 0.2) is 0 Å². The molecule has 21 heavy (non-hydrogen) atoms. The molecule has 0 saturated heterocycles. The fraction of sp³-hybridized carbons (Fsp3) is 0.133. The second kappa shape index (κ2) is 5.62. The van der Waals surface area contributed by atoms with E-state index in [-0.39, 0.29) is 11.3 Å². The summed E-state index contributed by atoms with van der Waals surface area (Å²) in [6.07, 6.45) is 1.35. The first-order chi connectivity index (χ1) is 9.91. The van der Waals surface area contributed by atoms with E-state index in [0.29, 0.717) is 16.8 Å². The molecule has 1 aromatic carbocycles. The van der Waals surface area contributed by atoms with Crippen molar-refractivity contribution in [3.05, 3.63) is 63.1 Å². The zero-order chi connectivity index (χ0) is 15.6. The van der Waals surface area contributed by atoms with Gasteiger partial charge in [-0.15, -0.1) is 0 Å². The smallest absolute Gasteiger partial charge is 0.284 e. The maximum atomic E-state index is 12.2. The van der Waals surface area contributed by atoms with Gasteiger partial charge < -0.3 is 10.8 Å². The number of benzene rings is 1. The number of hydrogen-bond acceptors (Lipinski definition) is 4. The number of primary amides is 1. The number of phenolic OH excluding ortho intramolecular Hbond substituents is 1. The van der Waals surface area contributed by atoms with Gasteiger partial charge in [0.1, 0.15) is 11.3 Å². The van der Waals surface area contributed by atoms with Crippen LogP contribution in [0.1, 0.15) is 27.2 Å². The van der Waals surface area contributed by atoms with Gasteiger partial charge in [0.25, 0.3) is 11.5 Å². The quantitative estimate of drug-likeness (QED) is 0.828. The summed E-state index contributed by atoms with van der Waals surface area (Å²) >= 11 is 0. The molecular weight excluding hydrogens is 270 g/mol. The molecule has 1 aromatic heterocycles. The molecule has 0 aliphatic carbocycles. The molecule has 0 aliphatic rings. The first kappa shape index (κ1) is 14.5. The molecule has 0 bridgehead atoms. The first-order valence-electron chi connectivity index (χ1n) is 6.27. The normalized spacial score (nSPS) is 11.0. The minimum Gasteiger partial charge on any atom is -0.507 e. The zero-order valence-corrected chi connectivity index (χ0v) is 11.7. The topological polar surface area (TPSA) is 97.7 Å². The van der Waals surface area contributed by atoms with E-state index in [1.54, 1.807) is 38.1 Å². The molecule has 2 rings (SSSR count). The average Bonchev–Trinajstić information content (AvgIpc) is 2.39. The Morgan fingerprint density at radius 3 is 2.62 bits per heavy atom. The Labute approximate surface area is 121 Å². The van der Waals surface area contributed by atoms with Gasteiger partial charge >= 0.3 is 0 Å². The van der Waals surface area contributed by atoms with E-state index < -0.39 is 11.5 Å². The van der Waals surface area contributed by atoms with Crippen LogP contribution in [0.2, 0.25) is 0 Å². The van der Waals surface area contributed by atoms with Crippen molar-refractivity contribution in [2.24, 2.45) is 10.8 Å². The monoisotopic (exact) mass is 285 g/mol. The molecule has 0 saturated carbocycles. The number of phenols is 1. The lowest BCUT2D eigenvalue weighted by Gasteiger charge is -2.08. The number of aryl methyl sites for hydroxylation is 2. The third kappa shape index (κ3) is 2.84. The molecule has 0 atom stereocenters. The highest BCUT2D eigenvalue weighted by Gasteiger charge is 2.14. The molecule has 3 N–H and O–H groups in total. The molecule has 108 valence electrons. The SMILES string of the molecule is Cc1cc(C)n(N=Cc2ccccc2O)c(=O)c1C(N)=O. The van der Waals surface area contributed by atoms with Crippen LogP contribution in [0.15, 0.2) is 40.2 Å². The van der Waals surface area contributed by atoms with Crippen molar-refractivity contribution >= 4 is 12.1 Å². The number of nitrogens with zero attached hydrogens (tertiary/aromatic N) is 2. The summed E-state index contributed by atoms with van der Waals surface area (Å²) in [5, 5.41) is 13.7. The summed E-state index contributed by atoms with van der Waals surface area (Å²) in [6.45, 7) is 3.34. The summed E-state index contributed by atoms with van der Waals surface area (Å²) in [4.78, 5) is 23.6. The Hall–Kier alpha value is -2.89. The standard InChI is InChI=1S/C15H15N3O3/c1-9-7-10(2)18(15(21)13(9)14(16)20)17-8-11-5-3-4-6-12(11)19/h3-8,19H,1-2H3,(H2,16,20). The molecule has 1 heterocycles. The zero-order valence-electron chi connectivity index (χ0n) is 11.7. The number of amides is 1. The van der Waals surface area contributed by atoms with Gasteiger partial charge in [-0.25, -0.2) is 4.68 Å². The lowest BCUT2D eigenvalue weighted by atomic mass is 10.1. The van der Waals surface area contributed by atoms with E-state index >= 15 is 0 Å². The van der Waals surface area contributed by atoms with Crippen LogP contribution in [0.25, 0.3) is 0 Å². The molecule has 1 amide bonds. The number of aromatic nitrogens is 1. The molecule has 6 heteroatoms.